The van der Waals surface area contributed by atoms with Crippen molar-refractivity contribution < 1.29 is 4.79 Å². The monoisotopic (exact) mass is 408 g/mol. The van der Waals surface area contributed by atoms with Crippen LogP contribution in [0.2, 0.25) is 0 Å². The Hall–Kier alpha value is -4.37. The maximum Gasteiger partial charge on any atom is 0.295 e. The van der Waals surface area contributed by atoms with E-state index in [0.29, 0.717) is 11.4 Å². The maximum absolute atomic E-state index is 13.0. The van der Waals surface area contributed by atoms with Gasteiger partial charge in [-0.05, 0) is 41.5 Å². The van der Waals surface area contributed by atoms with Gasteiger partial charge in [-0.2, -0.15) is 5.26 Å². The van der Waals surface area contributed by atoms with Crippen LogP contribution in [0.25, 0.3) is 22.5 Å². The molecule has 1 amide bonds. The quantitative estimate of drug-likeness (QED) is 0.406. The maximum atomic E-state index is 13.0. The van der Waals surface area contributed by atoms with Gasteiger partial charge in [0.2, 0.25) is 0 Å². The highest BCUT2D eigenvalue weighted by molar-refractivity contribution is 6.11. The second-order valence-electron chi connectivity index (χ2n) is 7.13. The highest BCUT2D eigenvalue weighted by Crippen LogP contribution is 2.21. The number of fused-ring (bicyclic) bond motifs is 1. The molecule has 3 aromatic carbocycles. The van der Waals surface area contributed by atoms with Crippen molar-refractivity contribution in [3.8, 4) is 11.8 Å². The van der Waals surface area contributed by atoms with Crippen LogP contribution in [0.15, 0.2) is 83.2 Å². The van der Waals surface area contributed by atoms with Crippen LogP contribution < -0.4 is 10.9 Å². The summed E-state index contributed by atoms with van der Waals surface area (Å²) in [6, 6.07) is 24.6. The third-order valence-electron chi connectivity index (χ3n) is 5.28. The van der Waals surface area contributed by atoms with E-state index in [1.165, 1.54) is 4.68 Å². The van der Waals surface area contributed by atoms with Gasteiger partial charge in [0.15, 0.2) is 0 Å². The summed E-state index contributed by atoms with van der Waals surface area (Å²) in [5.41, 5.74) is 1.74. The number of carbonyl (C=O) groups is 1. The number of anilines is 1. The number of nitrogens with one attached hydrogen (secondary N) is 1. The summed E-state index contributed by atoms with van der Waals surface area (Å²) in [5.74, 6) is -0.624. The summed E-state index contributed by atoms with van der Waals surface area (Å²) in [6.07, 6.45) is 1.55. The number of rotatable bonds is 4. The minimum Gasteiger partial charge on any atom is -0.315 e. The standard InChI is InChI=1S/C25H20N4O2/c1-17-23(25(31)29(28(17)2)21-12-4-3-5-13-21)27-24(30)20(16-26)15-19-11-8-10-18-9-6-7-14-22(18)19/h3-15H,1-2H3,(H,27,30). The van der Waals surface area contributed by atoms with Crippen molar-refractivity contribution in [1.82, 2.24) is 9.36 Å². The number of nitrogens with zero attached hydrogens (tertiary/aromatic N) is 3. The molecule has 152 valence electrons. The predicted octanol–water partition coefficient (Wildman–Crippen LogP) is 4.18. The second kappa shape index (κ2) is 8.17. The van der Waals surface area contributed by atoms with Crippen LogP contribution in [-0.2, 0) is 11.8 Å². The number of amides is 1. The summed E-state index contributed by atoms with van der Waals surface area (Å²) in [4.78, 5) is 25.9. The molecule has 0 aliphatic carbocycles. The summed E-state index contributed by atoms with van der Waals surface area (Å²) >= 11 is 0. The minimum absolute atomic E-state index is 0.0785. The first kappa shape index (κ1) is 19.9. The lowest BCUT2D eigenvalue weighted by Gasteiger charge is -2.07. The Bertz CT molecular complexity index is 1410. The van der Waals surface area contributed by atoms with Gasteiger partial charge < -0.3 is 5.32 Å². The summed E-state index contributed by atoms with van der Waals surface area (Å²) in [7, 11) is 1.75. The van der Waals surface area contributed by atoms with E-state index in [0.717, 1.165) is 16.3 Å². The molecule has 4 rings (SSSR count). The van der Waals surface area contributed by atoms with E-state index < -0.39 is 5.91 Å². The van der Waals surface area contributed by atoms with Gasteiger partial charge >= 0.3 is 0 Å². The largest absolute Gasteiger partial charge is 0.315 e. The normalized spacial score (nSPS) is 11.3. The van der Waals surface area contributed by atoms with E-state index in [1.54, 1.807) is 24.7 Å². The van der Waals surface area contributed by atoms with Crippen LogP contribution in [0.4, 0.5) is 5.69 Å². The third kappa shape index (κ3) is 3.65. The first-order chi connectivity index (χ1) is 15.0. The average molecular weight is 408 g/mol. The molecule has 1 aromatic heterocycles. The Labute approximate surface area is 179 Å². The van der Waals surface area contributed by atoms with E-state index in [-0.39, 0.29) is 16.8 Å². The zero-order valence-electron chi connectivity index (χ0n) is 17.2. The minimum atomic E-state index is -0.624. The van der Waals surface area contributed by atoms with Crippen molar-refractivity contribution in [1.29, 1.82) is 5.26 Å². The van der Waals surface area contributed by atoms with Gasteiger partial charge in [0, 0.05) is 7.05 Å². The molecular weight excluding hydrogens is 388 g/mol. The molecule has 1 heterocycles. The fourth-order valence-corrected chi connectivity index (χ4v) is 3.57. The van der Waals surface area contributed by atoms with Gasteiger partial charge in [-0.15, -0.1) is 0 Å². The number of aromatic nitrogens is 2. The van der Waals surface area contributed by atoms with Crippen molar-refractivity contribution in [3.05, 3.63) is 100.0 Å². The molecule has 6 nitrogen and oxygen atoms in total. The Morgan fingerprint density at radius 3 is 2.42 bits per heavy atom. The van der Waals surface area contributed by atoms with Gasteiger partial charge in [0.1, 0.15) is 17.3 Å². The number of hydrogen-bond acceptors (Lipinski definition) is 3. The molecule has 0 unspecified atom stereocenters. The van der Waals surface area contributed by atoms with Gasteiger partial charge in [-0.25, -0.2) is 4.68 Å². The molecule has 0 saturated heterocycles. The molecule has 1 N–H and O–H groups in total. The molecule has 0 aliphatic rings. The zero-order chi connectivity index (χ0) is 22.0. The summed E-state index contributed by atoms with van der Waals surface area (Å²) in [5, 5.41) is 14.2. The van der Waals surface area contributed by atoms with Crippen LogP contribution in [0, 0.1) is 18.3 Å². The van der Waals surface area contributed by atoms with E-state index >= 15 is 0 Å². The number of nitriles is 1. The molecule has 0 bridgehead atoms. The molecular formula is C25H20N4O2. The zero-order valence-corrected chi connectivity index (χ0v) is 17.2. The van der Waals surface area contributed by atoms with E-state index in [4.69, 9.17) is 0 Å². The molecule has 0 radical (unpaired) electrons. The Kier molecular flexibility index (Phi) is 5.25. The lowest BCUT2D eigenvalue weighted by molar-refractivity contribution is -0.112. The highest BCUT2D eigenvalue weighted by atomic mass is 16.2. The molecule has 0 saturated carbocycles. The van der Waals surface area contributed by atoms with Gasteiger partial charge in [-0.1, -0.05) is 60.7 Å². The Balaban J connectivity index is 1.72. The number of benzene rings is 3. The lowest BCUT2D eigenvalue weighted by atomic mass is 10.0. The van der Waals surface area contributed by atoms with Crippen LogP contribution in [0.1, 0.15) is 11.3 Å². The topological polar surface area (TPSA) is 79.8 Å². The third-order valence-corrected chi connectivity index (χ3v) is 5.28. The fourth-order valence-electron chi connectivity index (χ4n) is 3.57. The van der Waals surface area contributed by atoms with Gasteiger partial charge in [0.25, 0.3) is 11.5 Å². The Morgan fingerprint density at radius 2 is 1.68 bits per heavy atom. The van der Waals surface area contributed by atoms with Crippen molar-refractivity contribution in [2.45, 2.75) is 6.92 Å². The smallest absolute Gasteiger partial charge is 0.295 e. The first-order valence-electron chi connectivity index (χ1n) is 9.76. The van der Waals surface area contributed by atoms with Crippen LogP contribution in [0.3, 0.4) is 0 Å². The van der Waals surface area contributed by atoms with Gasteiger partial charge in [0.05, 0.1) is 11.4 Å². The molecule has 0 atom stereocenters. The molecule has 6 heteroatoms. The number of para-hydroxylation sites is 1. The second-order valence-corrected chi connectivity index (χ2v) is 7.13. The van der Waals surface area contributed by atoms with Crippen molar-refractivity contribution in [3.63, 3.8) is 0 Å². The van der Waals surface area contributed by atoms with Crippen molar-refractivity contribution >= 4 is 28.4 Å². The Morgan fingerprint density at radius 1 is 1.00 bits per heavy atom. The molecule has 31 heavy (non-hydrogen) atoms. The first-order valence-corrected chi connectivity index (χ1v) is 9.76. The van der Waals surface area contributed by atoms with E-state index in [9.17, 15) is 14.9 Å². The molecule has 0 aliphatic heterocycles. The van der Waals surface area contributed by atoms with Crippen molar-refractivity contribution in [2.75, 3.05) is 5.32 Å². The van der Waals surface area contributed by atoms with Crippen molar-refractivity contribution in [2.24, 2.45) is 7.05 Å². The van der Waals surface area contributed by atoms with E-state index in [2.05, 4.69) is 5.32 Å². The lowest BCUT2D eigenvalue weighted by Crippen LogP contribution is -2.23. The molecule has 0 fully saturated rings. The summed E-state index contributed by atoms with van der Waals surface area (Å²) in [6.45, 7) is 1.75. The number of carbonyl (C=O) groups excluding carboxylic acids is 1. The summed E-state index contributed by atoms with van der Waals surface area (Å²) < 4.78 is 3.15. The molecule has 0 spiro atoms. The van der Waals surface area contributed by atoms with Crippen LogP contribution in [-0.4, -0.2) is 15.3 Å². The van der Waals surface area contributed by atoms with Gasteiger partial charge in [-0.3, -0.25) is 14.3 Å². The average Bonchev–Trinajstić information content (AvgIpc) is 3.01. The number of hydrogen-bond donors (Lipinski definition) is 1. The van der Waals surface area contributed by atoms with E-state index in [1.807, 2.05) is 78.9 Å². The van der Waals surface area contributed by atoms with Crippen LogP contribution in [0.5, 0.6) is 0 Å². The fraction of sp³-hybridized carbons (Fsp3) is 0.0800. The predicted molar refractivity (Wildman–Crippen MR) is 122 cm³/mol. The molecule has 4 aromatic rings. The SMILES string of the molecule is Cc1c(NC(=O)C(C#N)=Cc2cccc3ccccc23)c(=O)n(-c2ccccc2)n1C. The van der Waals surface area contributed by atoms with Crippen LogP contribution >= 0.6 is 0 Å². The highest BCUT2D eigenvalue weighted by Gasteiger charge is 2.20.